The van der Waals surface area contributed by atoms with Gasteiger partial charge >= 0.3 is 6.09 Å². The Bertz CT molecular complexity index is 848. The Hall–Kier alpha value is -2.67. The smallest absolute Gasteiger partial charge is 0.388 e. The lowest BCUT2D eigenvalue weighted by atomic mass is 10.3. The van der Waals surface area contributed by atoms with Gasteiger partial charge in [0, 0.05) is 11.7 Å². The Labute approximate surface area is 137 Å². The molecule has 1 N–H and O–H groups in total. The van der Waals surface area contributed by atoms with E-state index >= 15 is 0 Å². The van der Waals surface area contributed by atoms with Gasteiger partial charge in [-0.3, -0.25) is 5.32 Å². The molecule has 0 spiro atoms. The van der Waals surface area contributed by atoms with Gasteiger partial charge in [-0.25, -0.2) is 9.78 Å². The third kappa shape index (κ3) is 3.24. The van der Waals surface area contributed by atoms with Gasteiger partial charge in [0.25, 0.3) is 5.88 Å². The first-order valence-corrected chi connectivity index (χ1v) is 7.36. The van der Waals surface area contributed by atoms with Crippen LogP contribution < -0.4 is 10.1 Å². The van der Waals surface area contributed by atoms with Gasteiger partial charge in [0.05, 0.1) is 6.33 Å². The number of para-hydroxylation sites is 1. The zero-order chi connectivity index (χ0) is 16.4. The number of nitrogens with zero attached hydrogens (tertiary/aromatic N) is 4. The molecular formula is C15H14ClN5O2. The lowest BCUT2D eigenvalue weighted by Gasteiger charge is -2.08. The largest absolute Gasteiger partial charge is 0.418 e. The fourth-order valence-electron chi connectivity index (χ4n) is 2.07. The van der Waals surface area contributed by atoms with Gasteiger partial charge in [-0.05, 0) is 37.6 Å². The molecule has 0 aliphatic rings. The van der Waals surface area contributed by atoms with Gasteiger partial charge in [-0.1, -0.05) is 18.2 Å². The number of hydrogen-bond acceptors (Lipinski definition) is 5. The van der Waals surface area contributed by atoms with E-state index in [1.165, 1.54) is 0 Å². The van der Waals surface area contributed by atoms with Crippen LogP contribution in [-0.2, 0) is 0 Å². The normalized spacial score (nSPS) is 11.0. The number of aromatic nitrogens is 4. The molecule has 0 aliphatic carbocycles. The number of amides is 1. The topological polar surface area (TPSA) is 81.9 Å². The lowest BCUT2D eigenvalue weighted by Crippen LogP contribution is -2.17. The van der Waals surface area contributed by atoms with E-state index < -0.39 is 6.09 Å². The number of hydrogen-bond donors (Lipinski definition) is 1. The number of halogens is 1. The van der Waals surface area contributed by atoms with Crippen LogP contribution in [0.3, 0.4) is 0 Å². The third-order valence-corrected chi connectivity index (χ3v) is 3.30. The fraction of sp³-hybridized carbons (Fsp3) is 0.200. The molecule has 0 saturated carbocycles. The highest BCUT2D eigenvalue weighted by atomic mass is 35.5. The van der Waals surface area contributed by atoms with Crippen LogP contribution in [0.25, 0.3) is 11.2 Å². The minimum Gasteiger partial charge on any atom is -0.388 e. The lowest BCUT2D eigenvalue weighted by molar-refractivity contribution is 0.214. The predicted molar refractivity (Wildman–Crippen MR) is 86.8 cm³/mol. The summed E-state index contributed by atoms with van der Waals surface area (Å²) in [5, 5.41) is 2.59. The van der Waals surface area contributed by atoms with Crippen molar-refractivity contribution in [2.75, 3.05) is 5.32 Å². The standard InChI is InChI=1S/C15H14ClN5O2/c1-9(2)21-8-17-11-12(21)19-14(16)20-13(11)23-15(22)18-10-6-4-3-5-7-10/h3-9H,1-2H3,(H,18,22). The second kappa shape index (κ2) is 6.21. The molecular weight excluding hydrogens is 318 g/mol. The van der Waals surface area contributed by atoms with E-state index in [2.05, 4.69) is 20.3 Å². The Kier molecular flexibility index (Phi) is 4.12. The molecule has 2 heterocycles. The molecule has 0 unspecified atom stereocenters. The number of fused-ring (bicyclic) bond motifs is 1. The number of carbonyl (C=O) groups is 1. The monoisotopic (exact) mass is 331 g/mol. The summed E-state index contributed by atoms with van der Waals surface area (Å²) in [6.07, 6.45) is 0.939. The van der Waals surface area contributed by atoms with Crippen LogP contribution in [0.4, 0.5) is 10.5 Å². The Morgan fingerprint density at radius 3 is 2.70 bits per heavy atom. The fourth-order valence-corrected chi connectivity index (χ4v) is 2.22. The highest BCUT2D eigenvalue weighted by Gasteiger charge is 2.17. The Balaban J connectivity index is 1.89. The summed E-state index contributed by atoms with van der Waals surface area (Å²) >= 11 is 5.93. The molecule has 23 heavy (non-hydrogen) atoms. The van der Waals surface area contributed by atoms with Crippen molar-refractivity contribution in [3.63, 3.8) is 0 Å². The average Bonchev–Trinajstić information content (AvgIpc) is 2.92. The molecule has 7 nitrogen and oxygen atoms in total. The van der Waals surface area contributed by atoms with Crippen molar-refractivity contribution in [1.82, 2.24) is 19.5 Å². The minimum atomic E-state index is -0.675. The van der Waals surface area contributed by atoms with Gasteiger partial charge in [-0.15, -0.1) is 0 Å². The van der Waals surface area contributed by atoms with Crippen LogP contribution in [0.2, 0.25) is 5.28 Å². The van der Waals surface area contributed by atoms with Crippen LogP contribution in [-0.4, -0.2) is 25.6 Å². The molecule has 0 radical (unpaired) electrons. The molecule has 2 aromatic heterocycles. The van der Waals surface area contributed by atoms with E-state index in [9.17, 15) is 4.79 Å². The van der Waals surface area contributed by atoms with Gasteiger partial charge in [-0.2, -0.15) is 9.97 Å². The summed E-state index contributed by atoms with van der Waals surface area (Å²) in [7, 11) is 0. The van der Waals surface area contributed by atoms with E-state index in [1.54, 1.807) is 30.6 Å². The number of ether oxygens (including phenoxy) is 1. The summed E-state index contributed by atoms with van der Waals surface area (Å²) in [6.45, 7) is 3.97. The van der Waals surface area contributed by atoms with E-state index in [-0.39, 0.29) is 17.2 Å². The van der Waals surface area contributed by atoms with E-state index in [4.69, 9.17) is 16.3 Å². The van der Waals surface area contributed by atoms with Crippen LogP contribution in [0.1, 0.15) is 19.9 Å². The molecule has 0 saturated heterocycles. The number of benzene rings is 1. The zero-order valence-corrected chi connectivity index (χ0v) is 13.3. The molecule has 118 valence electrons. The molecule has 0 atom stereocenters. The first kappa shape index (κ1) is 15.2. The zero-order valence-electron chi connectivity index (χ0n) is 12.5. The van der Waals surface area contributed by atoms with Crippen molar-refractivity contribution in [1.29, 1.82) is 0 Å². The average molecular weight is 332 g/mol. The van der Waals surface area contributed by atoms with Crippen LogP contribution >= 0.6 is 11.6 Å². The highest BCUT2D eigenvalue weighted by molar-refractivity contribution is 6.28. The highest BCUT2D eigenvalue weighted by Crippen LogP contribution is 2.25. The Morgan fingerprint density at radius 2 is 2.00 bits per heavy atom. The van der Waals surface area contributed by atoms with Gasteiger partial charge in [0.15, 0.2) is 11.2 Å². The van der Waals surface area contributed by atoms with E-state index in [1.807, 2.05) is 24.5 Å². The number of nitrogens with one attached hydrogen (secondary N) is 1. The van der Waals surface area contributed by atoms with E-state index in [0.717, 1.165) is 0 Å². The predicted octanol–water partition coefficient (Wildman–Crippen LogP) is 3.67. The summed E-state index contributed by atoms with van der Waals surface area (Å²) < 4.78 is 7.07. The molecule has 1 aromatic carbocycles. The molecule has 0 aliphatic heterocycles. The second-order valence-electron chi connectivity index (χ2n) is 5.10. The van der Waals surface area contributed by atoms with Crippen molar-refractivity contribution < 1.29 is 9.53 Å². The maximum Gasteiger partial charge on any atom is 0.418 e. The maximum atomic E-state index is 12.0. The third-order valence-electron chi connectivity index (χ3n) is 3.13. The number of rotatable bonds is 3. The molecule has 8 heteroatoms. The maximum absolute atomic E-state index is 12.0. The van der Waals surface area contributed by atoms with Crippen molar-refractivity contribution in [2.45, 2.75) is 19.9 Å². The van der Waals surface area contributed by atoms with Gasteiger partial charge < -0.3 is 9.30 Å². The Morgan fingerprint density at radius 1 is 1.26 bits per heavy atom. The van der Waals surface area contributed by atoms with Gasteiger partial charge in [0.1, 0.15) is 0 Å². The van der Waals surface area contributed by atoms with Crippen molar-refractivity contribution in [3.05, 3.63) is 41.9 Å². The first-order chi connectivity index (χ1) is 11.0. The number of anilines is 1. The van der Waals surface area contributed by atoms with Gasteiger partial charge in [0.2, 0.25) is 5.28 Å². The SMILES string of the molecule is CC(C)n1cnc2c(OC(=O)Nc3ccccc3)nc(Cl)nc21. The van der Waals surface area contributed by atoms with Crippen molar-refractivity contribution >= 4 is 34.5 Å². The van der Waals surface area contributed by atoms with Crippen molar-refractivity contribution in [2.24, 2.45) is 0 Å². The molecule has 0 fully saturated rings. The van der Waals surface area contributed by atoms with Crippen molar-refractivity contribution in [3.8, 4) is 5.88 Å². The summed E-state index contributed by atoms with van der Waals surface area (Å²) in [5.74, 6) is 0.0211. The molecule has 0 bridgehead atoms. The van der Waals surface area contributed by atoms with Crippen LogP contribution in [0, 0.1) is 0 Å². The van der Waals surface area contributed by atoms with Crippen LogP contribution in [0.5, 0.6) is 5.88 Å². The van der Waals surface area contributed by atoms with E-state index in [0.29, 0.717) is 16.9 Å². The number of carbonyl (C=O) groups excluding carboxylic acids is 1. The summed E-state index contributed by atoms with van der Waals surface area (Å²) in [6, 6.07) is 9.09. The summed E-state index contributed by atoms with van der Waals surface area (Å²) in [5.41, 5.74) is 1.51. The second-order valence-corrected chi connectivity index (χ2v) is 5.43. The molecule has 1 amide bonds. The number of imidazole rings is 1. The van der Waals surface area contributed by atoms with Crippen LogP contribution in [0.15, 0.2) is 36.7 Å². The quantitative estimate of drug-likeness (QED) is 0.740. The molecule has 3 rings (SSSR count). The minimum absolute atomic E-state index is 0.0117. The summed E-state index contributed by atoms with van der Waals surface area (Å²) in [4.78, 5) is 24.3. The molecule has 3 aromatic rings. The first-order valence-electron chi connectivity index (χ1n) is 6.98.